The lowest BCUT2D eigenvalue weighted by Crippen LogP contribution is -2.45. The molecule has 1 amide bonds. The van der Waals surface area contributed by atoms with Crippen molar-refractivity contribution in [3.8, 4) is 17.2 Å². The Morgan fingerprint density at radius 3 is 2.66 bits per heavy atom. The summed E-state index contributed by atoms with van der Waals surface area (Å²) in [5, 5.41) is 11.2. The van der Waals surface area contributed by atoms with E-state index in [1.54, 1.807) is 25.1 Å². The fourth-order valence-corrected chi connectivity index (χ4v) is 8.34. The van der Waals surface area contributed by atoms with Gasteiger partial charge in [-0.3, -0.25) is 4.79 Å². The Kier molecular flexibility index (Phi) is 7.95. The van der Waals surface area contributed by atoms with Crippen LogP contribution in [0.3, 0.4) is 0 Å². The highest BCUT2D eigenvalue weighted by atomic mass is 35.5. The maximum Gasteiger partial charge on any atom is 0.416 e. The van der Waals surface area contributed by atoms with Gasteiger partial charge in [-0.05, 0) is 68.5 Å². The van der Waals surface area contributed by atoms with Crippen LogP contribution in [0, 0.1) is 35.9 Å². The minimum Gasteiger partial charge on any atom is -0.356 e. The number of pyridine rings is 2. The van der Waals surface area contributed by atoms with E-state index in [0.717, 1.165) is 36.1 Å². The van der Waals surface area contributed by atoms with E-state index < -0.39 is 17.6 Å². The van der Waals surface area contributed by atoms with Crippen molar-refractivity contribution < 1.29 is 22.4 Å². The normalized spacial score (nSPS) is 20.6. The van der Waals surface area contributed by atoms with Crippen LogP contribution >= 0.6 is 23.2 Å². The van der Waals surface area contributed by atoms with Gasteiger partial charge in [0, 0.05) is 70.8 Å². The number of benzene rings is 2. The average molecular weight is 722 g/mol. The number of aromatic nitrogens is 3. The van der Waals surface area contributed by atoms with Gasteiger partial charge in [-0.25, -0.2) is 14.4 Å². The van der Waals surface area contributed by atoms with Crippen LogP contribution in [0.5, 0.6) is 0 Å². The molecule has 50 heavy (non-hydrogen) atoms. The summed E-state index contributed by atoms with van der Waals surface area (Å²) in [6, 6.07) is 12.4. The summed E-state index contributed by atoms with van der Waals surface area (Å²) in [5.41, 5.74) is 2.59. The number of alkyl halides is 3. The molecule has 2 saturated heterocycles. The predicted octanol–water partition coefficient (Wildman–Crippen LogP) is 9.20. The summed E-state index contributed by atoms with van der Waals surface area (Å²) >= 11 is 12.9. The lowest BCUT2D eigenvalue weighted by atomic mass is 9.92. The molecule has 7 nitrogen and oxygen atoms in total. The Bertz CT molecular complexity index is 2240. The number of carbonyl (C=O) groups is 1. The van der Waals surface area contributed by atoms with Gasteiger partial charge in [0.25, 0.3) is 0 Å². The van der Waals surface area contributed by atoms with Crippen molar-refractivity contribution in [2.75, 3.05) is 18.0 Å². The van der Waals surface area contributed by atoms with Crippen molar-refractivity contribution in [1.82, 2.24) is 19.9 Å². The molecule has 3 unspecified atom stereocenters. The van der Waals surface area contributed by atoms with Gasteiger partial charge in [-0.15, -0.1) is 0 Å². The Labute approximate surface area is 294 Å². The van der Waals surface area contributed by atoms with E-state index >= 15 is 4.39 Å². The van der Waals surface area contributed by atoms with Crippen molar-refractivity contribution in [3.05, 3.63) is 87.0 Å². The molecule has 0 spiro atoms. The molecule has 13 heteroatoms. The topological polar surface area (TPSA) is 88.9 Å². The second-order valence-corrected chi connectivity index (χ2v) is 14.3. The van der Waals surface area contributed by atoms with Gasteiger partial charge in [0.1, 0.15) is 11.3 Å². The Morgan fingerprint density at radius 1 is 1.12 bits per heavy atom. The first-order valence-corrected chi connectivity index (χ1v) is 17.3. The van der Waals surface area contributed by atoms with Crippen LogP contribution < -0.4 is 4.90 Å². The van der Waals surface area contributed by atoms with Crippen LogP contribution in [0.4, 0.5) is 23.4 Å². The largest absolute Gasteiger partial charge is 0.416 e. The minimum atomic E-state index is -4.50. The average Bonchev–Trinajstić information content (AvgIpc) is 3.79. The number of rotatable bonds is 6. The Hall–Kier alpha value is -4.40. The van der Waals surface area contributed by atoms with E-state index in [1.807, 2.05) is 21.9 Å². The number of amides is 1. The number of piperidine rings is 1. The summed E-state index contributed by atoms with van der Waals surface area (Å²) in [6.45, 7) is 2.58. The second-order valence-electron chi connectivity index (χ2n) is 13.5. The van der Waals surface area contributed by atoms with Gasteiger partial charge in [-0.1, -0.05) is 35.3 Å². The molecule has 2 aliphatic heterocycles. The summed E-state index contributed by atoms with van der Waals surface area (Å²) in [6.07, 6.45) is -0.604. The van der Waals surface area contributed by atoms with Crippen molar-refractivity contribution >= 4 is 56.7 Å². The van der Waals surface area contributed by atoms with E-state index in [1.165, 1.54) is 6.20 Å². The first kappa shape index (κ1) is 32.8. The summed E-state index contributed by atoms with van der Waals surface area (Å²) in [4.78, 5) is 30.2. The van der Waals surface area contributed by atoms with Crippen molar-refractivity contribution in [2.24, 2.45) is 11.8 Å². The molecule has 1 aliphatic carbocycles. The zero-order valence-electron chi connectivity index (χ0n) is 26.8. The maximum atomic E-state index is 16.7. The molecule has 3 aromatic heterocycles. The van der Waals surface area contributed by atoms with E-state index in [9.17, 15) is 23.2 Å². The van der Waals surface area contributed by atoms with Gasteiger partial charge in [0.15, 0.2) is 5.82 Å². The van der Waals surface area contributed by atoms with E-state index in [0.29, 0.717) is 47.2 Å². The third-order valence-electron chi connectivity index (χ3n) is 10.3. The molecule has 2 aromatic carbocycles. The van der Waals surface area contributed by atoms with E-state index in [-0.39, 0.29) is 69.6 Å². The predicted molar refractivity (Wildman–Crippen MR) is 183 cm³/mol. The monoisotopic (exact) mass is 720 g/mol. The quantitative estimate of drug-likeness (QED) is 0.177. The highest BCUT2D eigenvalue weighted by molar-refractivity contribution is 6.43. The molecule has 256 valence electrons. The molecule has 3 aliphatic rings. The minimum absolute atomic E-state index is 0.0487. The number of nitrogens with zero attached hydrogens (tertiary/aromatic N) is 5. The van der Waals surface area contributed by atoms with E-state index in [4.69, 9.17) is 28.2 Å². The van der Waals surface area contributed by atoms with Crippen LogP contribution in [-0.2, 0) is 17.4 Å². The Balaban J connectivity index is 1.25. The lowest BCUT2D eigenvalue weighted by Gasteiger charge is -2.33. The highest BCUT2D eigenvalue weighted by Gasteiger charge is 2.52. The number of halogens is 6. The molecule has 3 atom stereocenters. The lowest BCUT2D eigenvalue weighted by molar-refractivity contribution is -0.137. The first-order chi connectivity index (χ1) is 23.9. The second kappa shape index (κ2) is 12.1. The zero-order valence-corrected chi connectivity index (χ0v) is 28.3. The summed E-state index contributed by atoms with van der Waals surface area (Å²) < 4.78 is 57.5. The number of nitrogens with one attached hydrogen (secondary N) is 1. The number of fused-ring (bicyclic) bond motifs is 5. The summed E-state index contributed by atoms with van der Waals surface area (Å²) in [7, 11) is 0. The van der Waals surface area contributed by atoms with Gasteiger partial charge in [0.05, 0.1) is 39.3 Å². The van der Waals surface area contributed by atoms with Crippen LogP contribution in [0.25, 0.3) is 32.9 Å². The van der Waals surface area contributed by atoms with Gasteiger partial charge in [-0.2, -0.15) is 18.4 Å². The van der Waals surface area contributed by atoms with Gasteiger partial charge < -0.3 is 14.8 Å². The SMILES string of the molecule is Cc1nc2c(F)c(-c3cccc(Cl)c3Cl)c(CCC#N)cc2c2[nH]c(C3C4CC(CN(c5cc(C(F)(F)F)ccn5)C4)N3C(=O)C3CC3)cc12. The van der Waals surface area contributed by atoms with Gasteiger partial charge in [0.2, 0.25) is 5.91 Å². The first-order valence-electron chi connectivity index (χ1n) is 16.5. The van der Waals surface area contributed by atoms with Crippen molar-refractivity contribution in [2.45, 2.75) is 57.3 Å². The Morgan fingerprint density at radius 2 is 1.92 bits per heavy atom. The third-order valence-corrected chi connectivity index (χ3v) is 11.1. The van der Waals surface area contributed by atoms with Crippen LogP contribution in [-0.4, -0.2) is 44.9 Å². The summed E-state index contributed by atoms with van der Waals surface area (Å²) in [5.74, 6) is -0.466. The molecule has 1 N–H and O–H groups in total. The zero-order chi connectivity index (χ0) is 35.1. The number of carbonyl (C=O) groups excluding carboxylic acids is 1. The molecule has 2 bridgehead atoms. The molecule has 0 radical (unpaired) electrons. The van der Waals surface area contributed by atoms with Crippen LogP contribution in [0.2, 0.25) is 10.0 Å². The molecule has 3 fully saturated rings. The van der Waals surface area contributed by atoms with E-state index in [2.05, 4.69) is 16.0 Å². The molecule has 5 heterocycles. The molecule has 1 saturated carbocycles. The van der Waals surface area contributed by atoms with Crippen LogP contribution in [0.15, 0.2) is 48.7 Å². The molecular formula is C37H30Cl2F4N6O. The number of likely N-dealkylation sites (tertiary alicyclic amines) is 1. The number of anilines is 1. The number of aromatic amines is 1. The standard InChI is InChI=1S/C37H30Cl2F4N6O/c1-18-25-15-28(47-33(25)26-13-20(4-3-10-44)30(32(40)34(26)46-18)24-5-2-6-27(38)31(24)39)35-21-12-23(49(35)36(50)19-7-8-19)17-48(16-21)29-14-22(9-11-45-29)37(41,42)43/h2,5-6,9,11,13-15,19,21,23,35,47H,3-4,7-8,12,16-17H2,1H3. The van der Waals surface area contributed by atoms with Crippen LogP contribution in [0.1, 0.15) is 54.2 Å². The maximum absolute atomic E-state index is 16.7. The van der Waals surface area contributed by atoms with Crippen molar-refractivity contribution in [3.63, 3.8) is 0 Å². The number of aryl methyl sites for hydroxylation is 2. The smallest absolute Gasteiger partial charge is 0.356 e. The van der Waals surface area contributed by atoms with Gasteiger partial charge >= 0.3 is 6.18 Å². The highest BCUT2D eigenvalue weighted by Crippen LogP contribution is 2.49. The fraction of sp³-hybridized carbons (Fsp3) is 0.351. The molecular weight excluding hydrogens is 691 g/mol. The van der Waals surface area contributed by atoms with Crippen molar-refractivity contribution in [1.29, 1.82) is 5.26 Å². The number of hydrogen-bond donors (Lipinski definition) is 1. The number of hydrogen-bond acceptors (Lipinski definition) is 5. The fourth-order valence-electron chi connectivity index (χ4n) is 7.94. The number of nitriles is 1. The molecule has 5 aromatic rings. The molecule has 8 rings (SSSR count). The third kappa shape index (κ3) is 5.44. The number of H-pyrrole nitrogens is 1.